The number of hydrogen-bond donors (Lipinski definition) is 0. The first kappa shape index (κ1) is 16.3. The van der Waals surface area contributed by atoms with Gasteiger partial charge in [-0.1, -0.05) is 29.4 Å². The van der Waals surface area contributed by atoms with Crippen LogP contribution < -0.4 is 0 Å². The van der Waals surface area contributed by atoms with E-state index in [2.05, 4.69) is 49.2 Å². The lowest BCUT2D eigenvalue weighted by Crippen LogP contribution is -1.79. The number of hydrogen-bond acceptors (Lipinski definition) is 3. The molecule has 4 heteroatoms. The molecule has 0 N–H and O–H groups in total. The summed E-state index contributed by atoms with van der Waals surface area (Å²) in [6.45, 7) is 4.22. The van der Waals surface area contributed by atoms with Crippen molar-refractivity contribution < 1.29 is 0 Å². The molecule has 0 saturated heterocycles. The minimum absolute atomic E-state index is 0.766. The maximum atomic E-state index is 5.91. The highest BCUT2D eigenvalue weighted by Crippen LogP contribution is 2.33. The van der Waals surface area contributed by atoms with Gasteiger partial charge in [-0.15, -0.1) is 11.3 Å². The van der Waals surface area contributed by atoms with Crippen LogP contribution >= 0.6 is 34.7 Å². The zero-order valence-corrected chi connectivity index (χ0v) is 15.3. The van der Waals surface area contributed by atoms with Crippen molar-refractivity contribution in [1.82, 2.24) is 0 Å². The Morgan fingerprint density at radius 1 is 0.957 bits per heavy atom. The van der Waals surface area contributed by atoms with Gasteiger partial charge in [-0.25, -0.2) is 0 Å². The molecular weight excluding hydrogens is 342 g/mol. The van der Waals surface area contributed by atoms with Gasteiger partial charge in [-0.2, -0.15) is 0 Å². The molecule has 1 heterocycles. The first-order valence-corrected chi connectivity index (χ1v) is 9.26. The van der Waals surface area contributed by atoms with E-state index < -0.39 is 0 Å². The van der Waals surface area contributed by atoms with Crippen LogP contribution in [-0.2, 0) is 0 Å². The molecule has 1 nitrogen and oxygen atoms in total. The third-order valence-electron chi connectivity index (χ3n) is 3.47. The zero-order valence-electron chi connectivity index (χ0n) is 12.9. The number of rotatable bonds is 4. The van der Waals surface area contributed by atoms with Gasteiger partial charge >= 0.3 is 0 Å². The van der Waals surface area contributed by atoms with E-state index in [1.54, 1.807) is 23.1 Å². The van der Waals surface area contributed by atoms with Crippen molar-refractivity contribution in [3.05, 3.63) is 75.6 Å². The summed E-state index contributed by atoms with van der Waals surface area (Å²) in [7, 11) is 0. The maximum absolute atomic E-state index is 5.91. The van der Waals surface area contributed by atoms with Crippen LogP contribution in [-0.4, -0.2) is 6.21 Å². The van der Waals surface area contributed by atoms with Crippen LogP contribution in [0.5, 0.6) is 0 Å². The molecule has 0 amide bonds. The van der Waals surface area contributed by atoms with Gasteiger partial charge < -0.3 is 0 Å². The summed E-state index contributed by atoms with van der Waals surface area (Å²) in [6.07, 6.45) is 1.93. The van der Waals surface area contributed by atoms with Crippen LogP contribution in [0.2, 0.25) is 5.02 Å². The Morgan fingerprint density at radius 3 is 2.48 bits per heavy atom. The first-order chi connectivity index (χ1) is 11.1. The number of nitrogens with zero attached hydrogens (tertiary/aromatic N) is 1. The second-order valence-electron chi connectivity index (χ2n) is 5.24. The lowest BCUT2D eigenvalue weighted by molar-refractivity contribution is 1.33. The van der Waals surface area contributed by atoms with Crippen molar-refractivity contribution in [1.29, 1.82) is 0 Å². The molecule has 0 bridgehead atoms. The normalized spacial score (nSPS) is 11.3. The van der Waals surface area contributed by atoms with E-state index in [9.17, 15) is 0 Å². The summed E-state index contributed by atoms with van der Waals surface area (Å²) in [4.78, 5) is 6.91. The molecule has 23 heavy (non-hydrogen) atoms. The Labute approximate surface area is 150 Å². The molecule has 0 aliphatic carbocycles. The van der Waals surface area contributed by atoms with Gasteiger partial charge in [0.1, 0.15) is 0 Å². The number of aliphatic imine (C=N–C) groups is 1. The Morgan fingerprint density at radius 2 is 1.74 bits per heavy atom. The number of thiophene rings is 1. The van der Waals surface area contributed by atoms with Crippen LogP contribution in [0, 0.1) is 13.8 Å². The van der Waals surface area contributed by atoms with Crippen molar-refractivity contribution >= 4 is 46.6 Å². The van der Waals surface area contributed by atoms with Gasteiger partial charge in [-0.3, -0.25) is 4.99 Å². The molecule has 0 spiro atoms. The molecule has 2 aromatic carbocycles. The van der Waals surface area contributed by atoms with E-state index in [4.69, 9.17) is 11.6 Å². The van der Waals surface area contributed by atoms with Gasteiger partial charge in [0, 0.05) is 21.0 Å². The van der Waals surface area contributed by atoms with E-state index in [0.29, 0.717) is 0 Å². The van der Waals surface area contributed by atoms with Gasteiger partial charge in [0.05, 0.1) is 9.90 Å². The minimum Gasteiger partial charge on any atom is -0.255 e. The van der Waals surface area contributed by atoms with E-state index in [-0.39, 0.29) is 0 Å². The standard InChI is InChI=1S/C19H16ClNS2/c1-13-3-6-16(11-14(13)2)21-12-18-9-10-19(23-18)22-17-7-4-15(20)5-8-17/h3-12H,1-2H3. The number of benzene rings is 2. The smallest absolute Gasteiger partial charge is 0.0653 e. The van der Waals surface area contributed by atoms with E-state index >= 15 is 0 Å². The van der Waals surface area contributed by atoms with E-state index in [1.165, 1.54) is 20.2 Å². The Balaban J connectivity index is 1.70. The molecule has 3 aromatic rings. The quantitative estimate of drug-likeness (QED) is 0.461. The largest absolute Gasteiger partial charge is 0.255 e. The lowest BCUT2D eigenvalue weighted by Gasteiger charge is -2.00. The highest BCUT2D eigenvalue weighted by molar-refractivity contribution is 8.01. The van der Waals surface area contributed by atoms with E-state index in [1.807, 2.05) is 30.5 Å². The fraction of sp³-hybridized carbons (Fsp3) is 0.105. The summed E-state index contributed by atoms with van der Waals surface area (Å²) in [5, 5.41) is 0.766. The molecule has 0 radical (unpaired) electrons. The van der Waals surface area contributed by atoms with Gasteiger partial charge in [-0.05, 0) is 73.5 Å². The predicted molar refractivity (Wildman–Crippen MR) is 103 cm³/mol. The van der Waals surface area contributed by atoms with Crippen molar-refractivity contribution in [2.75, 3.05) is 0 Å². The van der Waals surface area contributed by atoms with Crippen LogP contribution in [0.25, 0.3) is 0 Å². The average molecular weight is 358 g/mol. The van der Waals surface area contributed by atoms with Crippen molar-refractivity contribution in [2.24, 2.45) is 4.99 Å². The molecule has 116 valence electrons. The summed E-state index contributed by atoms with van der Waals surface area (Å²) in [5.74, 6) is 0. The third kappa shape index (κ3) is 4.47. The Bertz CT molecular complexity index is 835. The average Bonchev–Trinajstić information content (AvgIpc) is 2.98. The summed E-state index contributed by atoms with van der Waals surface area (Å²) in [5.41, 5.74) is 3.56. The van der Waals surface area contributed by atoms with Crippen LogP contribution in [0.4, 0.5) is 5.69 Å². The fourth-order valence-electron chi connectivity index (χ4n) is 2.02. The number of aryl methyl sites for hydroxylation is 2. The van der Waals surface area contributed by atoms with Crippen molar-refractivity contribution in [3.8, 4) is 0 Å². The zero-order chi connectivity index (χ0) is 16.2. The fourth-order valence-corrected chi connectivity index (χ4v) is 4.14. The van der Waals surface area contributed by atoms with E-state index in [0.717, 1.165) is 15.6 Å². The minimum atomic E-state index is 0.766. The lowest BCUT2D eigenvalue weighted by atomic mass is 10.1. The van der Waals surface area contributed by atoms with Crippen molar-refractivity contribution in [2.45, 2.75) is 23.0 Å². The SMILES string of the molecule is Cc1ccc(N=Cc2ccc(Sc3ccc(Cl)cc3)s2)cc1C. The molecule has 0 aliphatic heterocycles. The van der Waals surface area contributed by atoms with Crippen LogP contribution in [0.3, 0.4) is 0 Å². The molecule has 0 atom stereocenters. The first-order valence-electron chi connectivity index (χ1n) is 7.25. The van der Waals surface area contributed by atoms with Crippen LogP contribution in [0.1, 0.15) is 16.0 Å². The molecule has 0 fully saturated rings. The monoisotopic (exact) mass is 357 g/mol. The number of halogens is 1. The predicted octanol–water partition coefficient (Wildman–Crippen LogP) is 6.92. The summed E-state index contributed by atoms with van der Waals surface area (Å²) >= 11 is 9.40. The third-order valence-corrected chi connectivity index (χ3v) is 5.88. The Kier molecular flexibility index (Phi) is 5.21. The summed E-state index contributed by atoms with van der Waals surface area (Å²) in [6, 6.07) is 18.4. The Hall–Kier alpha value is -1.55. The van der Waals surface area contributed by atoms with Gasteiger partial charge in [0.2, 0.25) is 0 Å². The molecule has 1 aromatic heterocycles. The highest BCUT2D eigenvalue weighted by Gasteiger charge is 2.02. The maximum Gasteiger partial charge on any atom is 0.0653 e. The van der Waals surface area contributed by atoms with Crippen LogP contribution in [0.15, 0.2) is 68.7 Å². The topological polar surface area (TPSA) is 12.4 Å². The van der Waals surface area contributed by atoms with Crippen molar-refractivity contribution in [3.63, 3.8) is 0 Å². The molecule has 0 aliphatic rings. The second kappa shape index (κ2) is 7.35. The molecule has 3 rings (SSSR count). The second-order valence-corrected chi connectivity index (χ2v) is 8.17. The molecule has 0 unspecified atom stereocenters. The highest BCUT2D eigenvalue weighted by atomic mass is 35.5. The molecular formula is C19H16ClNS2. The molecule has 0 saturated carbocycles. The van der Waals surface area contributed by atoms with Gasteiger partial charge in [0.25, 0.3) is 0 Å². The summed E-state index contributed by atoms with van der Waals surface area (Å²) < 4.78 is 1.24. The van der Waals surface area contributed by atoms with Gasteiger partial charge in [0.15, 0.2) is 0 Å².